The smallest absolute Gasteiger partial charge is 0.119 e. The molecule has 172 valence electrons. The van der Waals surface area contributed by atoms with Gasteiger partial charge < -0.3 is 4.74 Å². The van der Waals surface area contributed by atoms with Crippen LogP contribution in [-0.4, -0.2) is 20.6 Å². The molecule has 2 aromatic carbocycles. The van der Waals surface area contributed by atoms with Crippen molar-refractivity contribution in [1.29, 1.82) is 0 Å². The van der Waals surface area contributed by atoms with Gasteiger partial charge in [0.15, 0.2) is 0 Å². The van der Waals surface area contributed by atoms with Crippen LogP contribution in [0.1, 0.15) is 85.0 Å². The predicted octanol–water partition coefficient (Wildman–Crippen LogP) is 9.67. The van der Waals surface area contributed by atoms with Crippen molar-refractivity contribution >= 4 is 50.0 Å². The number of hydrogen-bond acceptors (Lipinski definition) is 4. The van der Waals surface area contributed by atoms with Gasteiger partial charge in [-0.3, -0.25) is 0 Å². The molecule has 4 heteroatoms. The molecular weight excluding hydrogens is 436 g/mol. The lowest BCUT2D eigenvalue weighted by Crippen LogP contribution is -2.26. The molecule has 0 radical (unpaired) electrons. The van der Waals surface area contributed by atoms with E-state index in [2.05, 4.69) is 63.2 Å². The molecule has 0 saturated heterocycles. The summed E-state index contributed by atoms with van der Waals surface area (Å²) in [5.74, 6) is 1.99. The summed E-state index contributed by atoms with van der Waals surface area (Å²) >= 11 is 9.71. The SMILES string of the molecule is CCCCC(CCCC)(CCCC)SC(=S)SCCCOc1ccc2ccccc2c1. The number of hydrogen-bond donors (Lipinski definition) is 0. The monoisotopic (exact) mass is 476 g/mol. The Hall–Kier alpha value is -0.710. The highest BCUT2D eigenvalue weighted by atomic mass is 32.2. The first-order valence-electron chi connectivity index (χ1n) is 12.1. The minimum Gasteiger partial charge on any atom is -0.494 e. The van der Waals surface area contributed by atoms with Crippen LogP contribution in [0.2, 0.25) is 0 Å². The summed E-state index contributed by atoms with van der Waals surface area (Å²) in [6.07, 6.45) is 12.7. The Morgan fingerprint density at radius 1 is 0.839 bits per heavy atom. The van der Waals surface area contributed by atoms with Gasteiger partial charge in [-0.15, -0.1) is 23.5 Å². The van der Waals surface area contributed by atoms with Crippen LogP contribution in [0.25, 0.3) is 10.8 Å². The molecule has 0 aromatic heterocycles. The Morgan fingerprint density at radius 2 is 1.45 bits per heavy atom. The second-order valence-corrected chi connectivity index (χ2v) is 12.2. The summed E-state index contributed by atoms with van der Waals surface area (Å²) in [7, 11) is 0. The summed E-state index contributed by atoms with van der Waals surface area (Å²) in [4.78, 5) is 0. The molecular formula is C27H40OS3. The Balaban J connectivity index is 1.78. The lowest BCUT2D eigenvalue weighted by Gasteiger charge is -2.34. The largest absolute Gasteiger partial charge is 0.494 e. The minimum absolute atomic E-state index is 0.355. The number of thiocarbonyl (C=S) groups is 1. The lowest BCUT2D eigenvalue weighted by molar-refractivity contribution is 0.319. The predicted molar refractivity (Wildman–Crippen MR) is 148 cm³/mol. The number of thioether (sulfide) groups is 2. The molecule has 31 heavy (non-hydrogen) atoms. The van der Waals surface area contributed by atoms with Crippen molar-refractivity contribution in [3.63, 3.8) is 0 Å². The van der Waals surface area contributed by atoms with E-state index in [0.717, 1.165) is 28.1 Å². The van der Waals surface area contributed by atoms with Crippen molar-refractivity contribution in [3.8, 4) is 5.75 Å². The van der Waals surface area contributed by atoms with Gasteiger partial charge in [0.05, 0.1) is 6.61 Å². The molecule has 0 heterocycles. The third kappa shape index (κ3) is 9.75. The van der Waals surface area contributed by atoms with E-state index < -0.39 is 0 Å². The molecule has 0 bridgehead atoms. The van der Waals surface area contributed by atoms with Crippen molar-refractivity contribution in [1.82, 2.24) is 0 Å². The fourth-order valence-electron chi connectivity index (χ4n) is 3.89. The molecule has 0 atom stereocenters. The second kappa shape index (κ2) is 15.2. The van der Waals surface area contributed by atoms with Gasteiger partial charge in [0.1, 0.15) is 9.28 Å². The number of rotatable bonds is 15. The quantitative estimate of drug-likeness (QED) is 0.187. The first-order chi connectivity index (χ1) is 15.1. The van der Waals surface area contributed by atoms with E-state index in [0.29, 0.717) is 4.75 Å². The van der Waals surface area contributed by atoms with E-state index in [1.54, 1.807) is 0 Å². The van der Waals surface area contributed by atoms with Gasteiger partial charge in [-0.1, -0.05) is 102 Å². The molecule has 0 aliphatic carbocycles. The van der Waals surface area contributed by atoms with Gasteiger partial charge in [0.25, 0.3) is 0 Å². The van der Waals surface area contributed by atoms with E-state index in [4.69, 9.17) is 17.0 Å². The van der Waals surface area contributed by atoms with Crippen LogP contribution in [-0.2, 0) is 0 Å². The summed E-state index contributed by atoms with van der Waals surface area (Å²) in [6, 6.07) is 14.7. The number of benzene rings is 2. The molecule has 0 unspecified atom stereocenters. The zero-order valence-corrected chi connectivity index (χ0v) is 22.1. The van der Waals surface area contributed by atoms with Gasteiger partial charge in [-0.2, -0.15) is 0 Å². The van der Waals surface area contributed by atoms with Gasteiger partial charge in [0.2, 0.25) is 0 Å². The molecule has 0 fully saturated rings. The standard InChI is InChI=1S/C27H40OS3/c1-4-7-17-27(18-8-5-2,19-9-6-3)31-26(29)30-21-12-20-28-25-16-15-23-13-10-11-14-24(23)22-25/h10-11,13-16,22H,4-9,12,17-21H2,1-3H3. The van der Waals surface area contributed by atoms with Crippen molar-refractivity contribution in [3.05, 3.63) is 42.5 Å². The molecule has 0 aliphatic heterocycles. The summed E-state index contributed by atoms with van der Waals surface area (Å²) in [5.41, 5.74) is 0. The molecule has 0 amide bonds. The number of unbranched alkanes of at least 4 members (excludes halogenated alkanes) is 3. The summed E-state index contributed by atoms with van der Waals surface area (Å²) in [5, 5.41) is 2.49. The summed E-state index contributed by atoms with van der Waals surface area (Å²) in [6.45, 7) is 7.65. The average Bonchev–Trinajstić information content (AvgIpc) is 2.79. The van der Waals surface area contributed by atoms with Crippen LogP contribution in [0, 0.1) is 0 Å². The topological polar surface area (TPSA) is 9.23 Å². The zero-order valence-electron chi connectivity index (χ0n) is 19.7. The van der Waals surface area contributed by atoms with Crippen LogP contribution in [0.15, 0.2) is 42.5 Å². The highest BCUT2D eigenvalue weighted by molar-refractivity contribution is 8.47. The van der Waals surface area contributed by atoms with Crippen molar-refractivity contribution in [2.24, 2.45) is 0 Å². The van der Waals surface area contributed by atoms with Crippen LogP contribution >= 0.6 is 35.7 Å². The van der Waals surface area contributed by atoms with Crippen LogP contribution < -0.4 is 4.74 Å². The molecule has 1 nitrogen and oxygen atoms in total. The fraction of sp³-hybridized carbons (Fsp3) is 0.593. The average molecular weight is 477 g/mol. The highest BCUT2D eigenvalue weighted by Gasteiger charge is 2.30. The Bertz CT molecular complexity index is 752. The Morgan fingerprint density at radius 3 is 2.06 bits per heavy atom. The first kappa shape index (κ1) is 26.5. The van der Waals surface area contributed by atoms with Gasteiger partial charge in [-0.05, 0) is 48.6 Å². The van der Waals surface area contributed by atoms with Crippen LogP contribution in [0.4, 0.5) is 0 Å². The highest BCUT2D eigenvalue weighted by Crippen LogP contribution is 2.43. The zero-order chi connectivity index (χ0) is 22.4. The normalized spacial score (nSPS) is 11.7. The maximum atomic E-state index is 5.99. The first-order valence-corrected chi connectivity index (χ1v) is 14.3. The number of ether oxygens (including phenoxy) is 1. The van der Waals surface area contributed by atoms with Gasteiger partial charge in [-0.25, -0.2) is 0 Å². The van der Waals surface area contributed by atoms with Crippen LogP contribution in [0.5, 0.6) is 5.75 Å². The number of fused-ring (bicyclic) bond motifs is 1. The van der Waals surface area contributed by atoms with E-state index in [9.17, 15) is 0 Å². The molecule has 0 N–H and O–H groups in total. The van der Waals surface area contributed by atoms with E-state index in [1.165, 1.54) is 68.6 Å². The Labute approximate surface area is 204 Å². The molecule has 0 spiro atoms. The van der Waals surface area contributed by atoms with Crippen molar-refractivity contribution in [2.45, 2.75) is 89.7 Å². The van der Waals surface area contributed by atoms with E-state index in [-0.39, 0.29) is 0 Å². The molecule has 0 saturated carbocycles. The molecule has 2 aromatic rings. The van der Waals surface area contributed by atoms with Crippen molar-refractivity contribution in [2.75, 3.05) is 12.4 Å². The van der Waals surface area contributed by atoms with Gasteiger partial charge in [0, 0.05) is 10.5 Å². The third-order valence-corrected chi connectivity index (χ3v) is 8.90. The second-order valence-electron chi connectivity index (χ2n) is 8.41. The minimum atomic E-state index is 0.355. The van der Waals surface area contributed by atoms with Crippen molar-refractivity contribution < 1.29 is 4.74 Å². The molecule has 0 aliphatic rings. The lowest BCUT2D eigenvalue weighted by atomic mass is 9.90. The van der Waals surface area contributed by atoms with E-state index >= 15 is 0 Å². The third-order valence-electron chi connectivity index (χ3n) is 5.76. The fourth-order valence-corrected chi connectivity index (χ4v) is 7.21. The molecule has 2 rings (SSSR count). The maximum absolute atomic E-state index is 5.99. The Kier molecular flexibility index (Phi) is 13.0. The summed E-state index contributed by atoms with van der Waals surface area (Å²) < 4.78 is 7.48. The van der Waals surface area contributed by atoms with Gasteiger partial charge >= 0.3 is 0 Å². The maximum Gasteiger partial charge on any atom is 0.119 e. The van der Waals surface area contributed by atoms with E-state index in [1.807, 2.05) is 23.5 Å². The van der Waals surface area contributed by atoms with Crippen LogP contribution in [0.3, 0.4) is 0 Å².